The summed E-state index contributed by atoms with van der Waals surface area (Å²) in [6.45, 7) is 9.77. The average Bonchev–Trinajstić information content (AvgIpc) is 3.26. The molecule has 31 heavy (non-hydrogen) atoms. The van der Waals surface area contributed by atoms with Gasteiger partial charge in [0.25, 0.3) is 5.91 Å². The van der Waals surface area contributed by atoms with Gasteiger partial charge in [0.05, 0.1) is 19.7 Å². The summed E-state index contributed by atoms with van der Waals surface area (Å²) in [7, 11) is 1.61. The van der Waals surface area contributed by atoms with Gasteiger partial charge in [-0.05, 0) is 43.3 Å². The molecular weight excluding hydrogens is 412 g/mol. The van der Waals surface area contributed by atoms with Gasteiger partial charge < -0.3 is 15.0 Å². The first-order valence-electron chi connectivity index (χ1n) is 10.5. The van der Waals surface area contributed by atoms with Crippen molar-refractivity contribution in [2.75, 3.05) is 25.1 Å². The molecule has 8 heteroatoms. The molecule has 0 aliphatic carbocycles. The first-order valence-corrected chi connectivity index (χ1v) is 11.3. The zero-order valence-corrected chi connectivity index (χ0v) is 19.7. The van der Waals surface area contributed by atoms with Crippen molar-refractivity contribution in [1.29, 1.82) is 0 Å². The number of thiophene rings is 1. The summed E-state index contributed by atoms with van der Waals surface area (Å²) >= 11 is 1.52. The normalized spacial score (nSPS) is 12.1. The number of nitrogens with zero attached hydrogens (tertiary/aromatic N) is 2. The first-order chi connectivity index (χ1) is 14.9. The predicted molar refractivity (Wildman–Crippen MR) is 127 cm³/mol. The van der Waals surface area contributed by atoms with Crippen LogP contribution >= 0.6 is 11.3 Å². The third kappa shape index (κ3) is 7.10. The van der Waals surface area contributed by atoms with E-state index >= 15 is 0 Å². The molecule has 168 valence electrons. The predicted octanol–water partition coefficient (Wildman–Crippen LogP) is 3.44. The Labute approximate surface area is 188 Å². The number of nitrogens with one attached hydrogen (secondary N) is 2. The van der Waals surface area contributed by atoms with Crippen LogP contribution in [-0.2, 0) is 16.0 Å². The Kier molecular flexibility index (Phi) is 9.52. The lowest BCUT2D eigenvalue weighted by atomic mass is 10.0. The molecule has 2 aromatic rings. The van der Waals surface area contributed by atoms with Crippen LogP contribution in [0.2, 0.25) is 0 Å². The standard InChI is InChI=1S/C23H32N4O3S/c1-6-27(7-2)18-11-10-17(20(13-18)30-5)15-24-26-23(29)22(16(3)4)25-21(28)14-19-9-8-12-31-19/h8-13,15-16,22H,6-7,14H2,1-5H3,(H,25,28)(H,26,29)/b24-15+. The van der Waals surface area contributed by atoms with Crippen molar-refractivity contribution in [2.24, 2.45) is 11.0 Å². The molecule has 0 aliphatic rings. The van der Waals surface area contributed by atoms with Gasteiger partial charge in [-0.1, -0.05) is 19.9 Å². The van der Waals surface area contributed by atoms with E-state index in [1.54, 1.807) is 13.3 Å². The van der Waals surface area contributed by atoms with E-state index in [-0.39, 0.29) is 24.2 Å². The molecule has 0 aliphatic heterocycles. The summed E-state index contributed by atoms with van der Waals surface area (Å²) in [6, 6.07) is 9.00. The van der Waals surface area contributed by atoms with Crippen molar-refractivity contribution < 1.29 is 14.3 Å². The van der Waals surface area contributed by atoms with Crippen LogP contribution in [0.4, 0.5) is 5.69 Å². The van der Waals surface area contributed by atoms with Crippen LogP contribution < -0.4 is 20.4 Å². The number of benzene rings is 1. The van der Waals surface area contributed by atoms with Crippen LogP contribution in [0.15, 0.2) is 40.8 Å². The third-order valence-corrected chi connectivity index (χ3v) is 5.78. The number of ether oxygens (including phenoxy) is 1. The van der Waals surface area contributed by atoms with Gasteiger partial charge in [0.15, 0.2) is 0 Å². The minimum atomic E-state index is -0.670. The minimum Gasteiger partial charge on any atom is -0.496 e. The molecule has 2 rings (SSSR count). The molecule has 0 saturated carbocycles. The zero-order valence-electron chi connectivity index (χ0n) is 18.8. The quantitative estimate of drug-likeness (QED) is 0.411. The van der Waals surface area contributed by atoms with Gasteiger partial charge in [0, 0.05) is 35.3 Å². The number of methoxy groups -OCH3 is 1. The van der Waals surface area contributed by atoms with Crippen molar-refractivity contribution in [3.8, 4) is 5.75 Å². The smallest absolute Gasteiger partial charge is 0.262 e. The molecule has 0 saturated heterocycles. The van der Waals surface area contributed by atoms with Crippen molar-refractivity contribution in [3.63, 3.8) is 0 Å². The number of hydrogen-bond donors (Lipinski definition) is 2. The topological polar surface area (TPSA) is 83.0 Å². The van der Waals surface area contributed by atoms with Gasteiger partial charge in [0.1, 0.15) is 11.8 Å². The fourth-order valence-electron chi connectivity index (χ4n) is 3.16. The molecule has 1 aromatic heterocycles. The fourth-order valence-corrected chi connectivity index (χ4v) is 3.86. The highest BCUT2D eigenvalue weighted by molar-refractivity contribution is 7.10. The van der Waals surface area contributed by atoms with Crippen LogP contribution in [-0.4, -0.2) is 44.3 Å². The van der Waals surface area contributed by atoms with Gasteiger partial charge in [-0.25, -0.2) is 5.43 Å². The SMILES string of the molecule is CCN(CC)c1ccc(/C=N/NC(=O)C(NC(=O)Cc2cccs2)C(C)C)c(OC)c1. The van der Waals surface area contributed by atoms with Crippen LogP contribution in [0, 0.1) is 5.92 Å². The largest absolute Gasteiger partial charge is 0.496 e. The summed E-state index contributed by atoms with van der Waals surface area (Å²) in [5, 5.41) is 8.82. The highest BCUT2D eigenvalue weighted by Gasteiger charge is 2.24. The Bertz CT molecular complexity index is 877. The molecular formula is C23H32N4O3S. The number of amides is 2. The fraction of sp³-hybridized carbons (Fsp3) is 0.435. The number of carbonyl (C=O) groups excluding carboxylic acids is 2. The number of hydrogen-bond acceptors (Lipinski definition) is 6. The number of carbonyl (C=O) groups is 2. The minimum absolute atomic E-state index is 0.0784. The van der Waals surface area contributed by atoms with Crippen LogP contribution in [0.1, 0.15) is 38.1 Å². The second kappa shape index (κ2) is 12.1. The van der Waals surface area contributed by atoms with Crippen molar-refractivity contribution >= 4 is 35.1 Å². The van der Waals surface area contributed by atoms with Gasteiger partial charge >= 0.3 is 0 Å². The molecule has 2 N–H and O–H groups in total. The molecule has 1 heterocycles. The summed E-state index contributed by atoms with van der Waals surface area (Å²) in [5.74, 6) is 0.0517. The highest BCUT2D eigenvalue weighted by Crippen LogP contribution is 2.24. The molecule has 0 spiro atoms. The van der Waals surface area contributed by atoms with E-state index in [1.165, 1.54) is 11.3 Å². The van der Waals surface area contributed by atoms with Crippen LogP contribution in [0.3, 0.4) is 0 Å². The van der Waals surface area contributed by atoms with Crippen LogP contribution in [0.5, 0.6) is 5.75 Å². The highest BCUT2D eigenvalue weighted by atomic mass is 32.1. The van der Waals surface area contributed by atoms with E-state index in [1.807, 2.05) is 49.6 Å². The van der Waals surface area contributed by atoms with E-state index in [0.29, 0.717) is 5.75 Å². The monoisotopic (exact) mass is 444 g/mol. The lowest BCUT2D eigenvalue weighted by molar-refractivity contribution is -0.129. The zero-order chi connectivity index (χ0) is 22.8. The maximum atomic E-state index is 12.6. The van der Waals surface area contributed by atoms with E-state index in [4.69, 9.17) is 4.74 Å². The number of anilines is 1. The van der Waals surface area contributed by atoms with Gasteiger partial charge in [-0.15, -0.1) is 11.3 Å². The molecule has 0 radical (unpaired) electrons. The second-order valence-electron chi connectivity index (χ2n) is 7.38. The van der Waals surface area contributed by atoms with E-state index in [2.05, 4.69) is 34.6 Å². The Morgan fingerprint density at radius 3 is 2.55 bits per heavy atom. The summed E-state index contributed by atoms with van der Waals surface area (Å²) in [5.41, 5.74) is 4.36. The third-order valence-electron chi connectivity index (χ3n) is 4.90. The van der Waals surface area contributed by atoms with Gasteiger partial charge in [0.2, 0.25) is 5.91 Å². The Morgan fingerprint density at radius 2 is 1.97 bits per heavy atom. The first kappa shape index (κ1) is 24.4. The molecule has 0 fully saturated rings. The Balaban J connectivity index is 2.02. The molecule has 2 amide bonds. The summed E-state index contributed by atoms with van der Waals surface area (Å²) in [4.78, 5) is 28.1. The molecule has 1 atom stereocenters. The maximum absolute atomic E-state index is 12.6. The maximum Gasteiger partial charge on any atom is 0.262 e. The Morgan fingerprint density at radius 1 is 1.23 bits per heavy atom. The molecule has 1 aromatic carbocycles. The van der Waals surface area contributed by atoms with E-state index in [9.17, 15) is 9.59 Å². The lowest BCUT2D eigenvalue weighted by Gasteiger charge is -2.22. The Hall–Kier alpha value is -2.87. The van der Waals surface area contributed by atoms with Gasteiger partial charge in [-0.2, -0.15) is 5.10 Å². The number of hydrazone groups is 1. The van der Waals surface area contributed by atoms with Crippen molar-refractivity contribution in [3.05, 3.63) is 46.2 Å². The number of rotatable bonds is 11. The van der Waals surface area contributed by atoms with E-state index < -0.39 is 6.04 Å². The van der Waals surface area contributed by atoms with Crippen LogP contribution in [0.25, 0.3) is 0 Å². The second-order valence-corrected chi connectivity index (χ2v) is 8.41. The summed E-state index contributed by atoms with van der Waals surface area (Å²) in [6.07, 6.45) is 1.81. The van der Waals surface area contributed by atoms with Gasteiger partial charge in [-0.3, -0.25) is 9.59 Å². The van der Waals surface area contributed by atoms with E-state index in [0.717, 1.165) is 29.2 Å². The lowest BCUT2D eigenvalue weighted by Crippen LogP contribution is -2.49. The molecule has 0 bridgehead atoms. The average molecular weight is 445 g/mol. The van der Waals surface area contributed by atoms with Crippen molar-refractivity contribution in [1.82, 2.24) is 10.7 Å². The molecule has 1 unspecified atom stereocenters. The molecule has 7 nitrogen and oxygen atoms in total. The summed E-state index contributed by atoms with van der Waals surface area (Å²) < 4.78 is 5.48. The van der Waals surface area contributed by atoms with Crippen molar-refractivity contribution in [2.45, 2.75) is 40.2 Å².